The van der Waals surface area contributed by atoms with Crippen molar-refractivity contribution in [3.8, 4) is 23.1 Å². The average Bonchev–Trinajstić information content (AvgIpc) is 3.64. The fourth-order valence-corrected chi connectivity index (χ4v) is 5.10. The van der Waals surface area contributed by atoms with Crippen molar-refractivity contribution in [1.29, 1.82) is 0 Å². The van der Waals surface area contributed by atoms with Crippen molar-refractivity contribution in [3.05, 3.63) is 47.0 Å². The summed E-state index contributed by atoms with van der Waals surface area (Å²) in [5, 5.41) is 6.28. The summed E-state index contributed by atoms with van der Waals surface area (Å²) >= 11 is 0. The summed E-state index contributed by atoms with van der Waals surface area (Å²) < 4.78 is 85.5. The van der Waals surface area contributed by atoms with Crippen LogP contribution < -0.4 is 25.8 Å². The number of nitrogen functional groups attached to an aromatic ring is 1. The highest BCUT2D eigenvalue weighted by Crippen LogP contribution is 2.44. The number of imidazole rings is 1. The van der Waals surface area contributed by atoms with Gasteiger partial charge in [0, 0.05) is 44.0 Å². The summed E-state index contributed by atoms with van der Waals surface area (Å²) in [5.74, 6) is -1.21. The van der Waals surface area contributed by atoms with Gasteiger partial charge in [-0.2, -0.15) is 23.1 Å². The van der Waals surface area contributed by atoms with Gasteiger partial charge in [-0.1, -0.05) is 13.8 Å². The molecule has 4 aromatic rings. The van der Waals surface area contributed by atoms with E-state index in [4.69, 9.17) is 15.2 Å². The molecule has 3 aromatic heterocycles. The Morgan fingerprint density at radius 2 is 1.84 bits per heavy atom. The number of hydrogen-bond acceptors (Lipinski definition) is 9. The number of nitrogens with one attached hydrogen (secondary N) is 2. The molecule has 2 aliphatic heterocycles. The number of hydrogen-bond donors (Lipinski definition) is 3. The van der Waals surface area contributed by atoms with E-state index >= 15 is 4.39 Å². The molecule has 10 nitrogen and oxygen atoms in total. The average molecular weight is 637 g/mol. The molecular formula is C30H37F5N8O2. The Morgan fingerprint density at radius 3 is 2.53 bits per heavy atom. The topological polar surface area (TPSA) is 125 Å². The number of anilines is 2. The first kappa shape index (κ1) is 33.6. The zero-order valence-electron chi connectivity index (χ0n) is 25.8. The van der Waals surface area contributed by atoms with Gasteiger partial charge in [0.15, 0.2) is 5.82 Å². The lowest BCUT2D eigenvalue weighted by Crippen LogP contribution is -2.26. The molecule has 1 unspecified atom stereocenters. The van der Waals surface area contributed by atoms with Crippen LogP contribution in [0.1, 0.15) is 50.6 Å². The Labute approximate surface area is 257 Å². The first-order valence-electron chi connectivity index (χ1n) is 14.7. The molecule has 45 heavy (non-hydrogen) atoms. The van der Waals surface area contributed by atoms with Gasteiger partial charge in [0.25, 0.3) is 0 Å². The van der Waals surface area contributed by atoms with Gasteiger partial charge in [0.05, 0.1) is 24.5 Å². The molecular weight excluding hydrogens is 599 g/mol. The molecule has 0 bridgehead atoms. The van der Waals surface area contributed by atoms with E-state index in [2.05, 4.69) is 35.1 Å². The monoisotopic (exact) mass is 636 g/mol. The lowest BCUT2D eigenvalue weighted by molar-refractivity contribution is -0.137. The first-order chi connectivity index (χ1) is 21.5. The Bertz CT molecular complexity index is 1630. The number of halogens is 5. The third-order valence-electron chi connectivity index (χ3n) is 7.22. The van der Waals surface area contributed by atoms with Gasteiger partial charge in [-0.15, -0.1) is 0 Å². The fourth-order valence-electron chi connectivity index (χ4n) is 5.10. The second-order valence-electron chi connectivity index (χ2n) is 10.2. The normalized spacial score (nSPS) is 16.2. The molecule has 6 rings (SSSR count). The zero-order valence-corrected chi connectivity index (χ0v) is 25.8. The molecule has 1 aromatic carbocycles. The lowest BCUT2D eigenvalue weighted by atomic mass is 9.96. The molecule has 0 aliphatic carbocycles. The third-order valence-corrected chi connectivity index (χ3v) is 7.22. The maximum Gasteiger partial charge on any atom is 0.417 e. The van der Waals surface area contributed by atoms with Crippen LogP contribution in [-0.4, -0.2) is 57.4 Å². The minimum atomic E-state index is -5.02. The van der Waals surface area contributed by atoms with Crippen LogP contribution in [0.2, 0.25) is 0 Å². The second kappa shape index (κ2) is 14.2. The minimum Gasteiger partial charge on any atom is -0.474 e. The Hall–Kier alpha value is -4.27. The number of rotatable bonds is 2. The summed E-state index contributed by atoms with van der Waals surface area (Å²) in [7, 11) is 1.27. The summed E-state index contributed by atoms with van der Waals surface area (Å²) in [6.45, 7) is 9.40. The standard InChI is InChI=1S/C22H23F5N6O2.C6H8N2.C2H6/c1-9-4-5-29-6-7-30-19-13-18(32-21(33-19)34-3)16(24)17(31-20(13)35-9)11-8-12(28)15(23)10(2)14(11)22(25,26)27;1-2-6-7-3-5-8(6)4-1;1-2/h8-9,29H,4-7,28H2,1-3H3,(H,30,32,33);3,5H,1-2,4H2;1-2H3. The van der Waals surface area contributed by atoms with Gasteiger partial charge in [-0.3, -0.25) is 0 Å². The van der Waals surface area contributed by atoms with Crippen LogP contribution in [-0.2, 0) is 19.1 Å². The van der Waals surface area contributed by atoms with E-state index in [0.29, 0.717) is 32.1 Å². The number of methoxy groups -OCH3 is 1. The van der Waals surface area contributed by atoms with Crippen LogP contribution in [0.5, 0.6) is 11.9 Å². The maximum absolute atomic E-state index is 15.9. The third kappa shape index (κ3) is 7.18. The minimum absolute atomic E-state index is 0.0427. The van der Waals surface area contributed by atoms with Crippen LogP contribution in [0.4, 0.5) is 33.5 Å². The highest BCUT2D eigenvalue weighted by atomic mass is 19.4. The number of aryl methyl sites for hydroxylation is 2. The number of alkyl halides is 3. The van der Waals surface area contributed by atoms with Gasteiger partial charge in [0.1, 0.15) is 34.1 Å². The first-order valence-corrected chi connectivity index (χ1v) is 14.7. The van der Waals surface area contributed by atoms with E-state index in [-0.39, 0.29) is 28.6 Å². The molecule has 0 saturated carbocycles. The van der Waals surface area contributed by atoms with Gasteiger partial charge < -0.3 is 30.4 Å². The number of ether oxygens (including phenoxy) is 2. The van der Waals surface area contributed by atoms with E-state index in [1.165, 1.54) is 32.3 Å². The Balaban J connectivity index is 0.000000390. The molecule has 5 heterocycles. The van der Waals surface area contributed by atoms with Crippen molar-refractivity contribution in [3.63, 3.8) is 0 Å². The highest BCUT2D eigenvalue weighted by molar-refractivity contribution is 5.96. The van der Waals surface area contributed by atoms with Crippen molar-refractivity contribution in [2.75, 3.05) is 37.8 Å². The quantitative estimate of drug-likeness (QED) is 0.182. The molecule has 0 spiro atoms. The van der Waals surface area contributed by atoms with Crippen molar-refractivity contribution < 1.29 is 31.4 Å². The van der Waals surface area contributed by atoms with E-state index in [9.17, 15) is 17.6 Å². The van der Waals surface area contributed by atoms with Crippen molar-refractivity contribution in [2.24, 2.45) is 0 Å². The molecule has 0 saturated heterocycles. The smallest absolute Gasteiger partial charge is 0.417 e. The van der Waals surface area contributed by atoms with Crippen LogP contribution in [0.15, 0.2) is 18.5 Å². The molecule has 4 N–H and O–H groups in total. The Morgan fingerprint density at radius 1 is 1.09 bits per heavy atom. The van der Waals surface area contributed by atoms with E-state index < -0.39 is 52.0 Å². The predicted octanol–water partition coefficient (Wildman–Crippen LogP) is 5.92. The predicted molar refractivity (Wildman–Crippen MR) is 161 cm³/mol. The van der Waals surface area contributed by atoms with Crippen LogP contribution in [0, 0.1) is 18.6 Å². The number of fused-ring (bicyclic) bond motifs is 1. The van der Waals surface area contributed by atoms with Crippen molar-refractivity contribution >= 4 is 22.4 Å². The molecule has 0 radical (unpaired) electrons. The maximum atomic E-state index is 15.9. The van der Waals surface area contributed by atoms with Gasteiger partial charge in [-0.05, 0) is 44.9 Å². The number of aromatic nitrogens is 5. The van der Waals surface area contributed by atoms with E-state index in [0.717, 1.165) is 6.92 Å². The number of pyridine rings is 1. The summed E-state index contributed by atoms with van der Waals surface area (Å²) in [6.07, 6.45) is 1.45. The Kier molecular flexibility index (Phi) is 10.6. The van der Waals surface area contributed by atoms with Crippen LogP contribution >= 0.6 is 0 Å². The second-order valence-corrected chi connectivity index (χ2v) is 10.2. The van der Waals surface area contributed by atoms with Crippen molar-refractivity contribution in [2.45, 2.75) is 65.8 Å². The summed E-state index contributed by atoms with van der Waals surface area (Å²) in [4.78, 5) is 16.6. The van der Waals surface area contributed by atoms with E-state index in [1.807, 2.05) is 26.2 Å². The SMILES string of the molecule is CC.COc1nc2c3c(nc(-c4cc(N)c(F)c(C)c4C(F)(F)F)c(F)c3n1)OC(C)CCNCCN2.c1cn2c(n1)CCC2. The summed E-state index contributed by atoms with van der Waals surface area (Å²) in [5.41, 5.74) is 1.04. The molecule has 1 atom stereocenters. The fraction of sp³-hybridized carbons (Fsp3) is 0.467. The van der Waals surface area contributed by atoms with Crippen LogP contribution in [0.25, 0.3) is 22.2 Å². The molecule has 244 valence electrons. The number of benzene rings is 1. The highest BCUT2D eigenvalue weighted by Gasteiger charge is 2.39. The zero-order chi connectivity index (χ0) is 32.9. The molecule has 15 heteroatoms. The molecule has 2 aliphatic rings. The lowest BCUT2D eigenvalue weighted by Gasteiger charge is -2.21. The number of nitrogens with zero attached hydrogens (tertiary/aromatic N) is 5. The largest absolute Gasteiger partial charge is 0.474 e. The van der Waals surface area contributed by atoms with Gasteiger partial charge in [0.2, 0.25) is 5.88 Å². The number of nitrogens with two attached hydrogens (primary N) is 1. The molecule has 0 fully saturated rings. The van der Waals surface area contributed by atoms with Crippen LogP contribution in [0.3, 0.4) is 0 Å². The molecule has 0 amide bonds. The van der Waals surface area contributed by atoms with Gasteiger partial charge in [-0.25, -0.2) is 18.7 Å². The summed E-state index contributed by atoms with van der Waals surface area (Å²) in [6, 6.07) is 0.495. The van der Waals surface area contributed by atoms with Crippen molar-refractivity contribution in [1.82, 2.24) is 29.8 Å². The van der Waals surface area contributed by atoms with E-state index in [1.54, 1.807) is 6.92 Å². The van der Waals surface area contributed by atoms with Gasteiger partial charge >= 0.3 is 12.2 Å².